The van der Waals surface area contributed by atoms with Gasteiger partial charge < -0.3 is 5.32 Å². The zero-order valence-electron chi connectivity index (χ0n) is 10.6. The fourth-order valence-corrected chi connectivity index (χ4v) is 1.17. The van der Waals surface area contributed by atoms with E-state index < -0.39 is 0 Å². The molecule has 0 aromatic heterocycles. The normalized spacial score (nSPS) is 10.9. The van der Waals surface area contributed by atoms with Gasteiger partial charge in [-0.05, 0) is 38.1 Å². The Morgan fingerprint density at radius 2 is 1.82 bits per heavy atom. The zero-order valence-corrected chi connectivity index (χ0v) is 10.6. The van der Waals surface area contributed by atoms with E-state index in [4.69, 9.17) is 0 Å². The van der Waals surface area contributed by atoms with Crippen LogP contribution < -0.4 is 5.32 Å². The molecule has 92 valence electrons. The Kier molecular flexibility index (Phi) is 4.63. The third kappa shape index (κ3) is 4.63. The van der Waals surface area contributed by atoms with Crippen molar-refractivity contribution in [3.05, 3.63) is 29.8 Å². The first-order valence-electron chi connectivity index (χ1n) is 5.49. The van der Waals surface area contributed by atoms with Gasteiger partial charge in [0.1, 0.15) is 0 Å². The number of rotatable bonds is 4. The number of nitrogens with zero attached hydrogens (tertiary/aromatic N) is 3. The van der Waals surface area contributed by atoms with Gasteiger partial charge in [-0.2, -0.15) is 0 Å². The lowest BCUT2D eigenvalue weighted by atomic mass is 10.2. The Balaban J connectivity index is 2.71. The fourth-order valence-electron chi connectivity index (χ4n) is 1.17. The van der Waals surface area contributed by atoms with Crippen molar-refractivity contribution in [1.29, 1.82) is 0 Å². The Morgan fingerprint density at radius 3 is 2.29 bits per heavy atom. The molecule has 1 aromatic rings. The van der Waals surface area contributed by atoms with Crippen LogP contribution in [0.4, 0.5) is 5.69 Å². The summed E-state index contributed by atoms with van der Waals surface area (Å²) in [5, 5.41) is 12.3. The van der Waals surface area contributed by atoms with Crippen LogP contribution in [0.1, 0.15) is 24.2 Å². The van der Waals surface area contributed by atoms with Gasteiger partial charge in [0.05, 0.1) is 5.69 Å². The Hall–Kier alpha value is -1.91. The van der Waals surface area contributed by atoms with E-state index in [1.54, 1.807) is 43.4 Å². The van der Waals surface area contributed by atoms with Crippen LogP contribution in [-0.4, -0.2) is 31.1 Å². The topological polar surface area (TPSA) is 57.1 Å². The maximum atomic E-state index is 11.7. The second kappa shape index (κ2) is 5.98. The van der Waals surface area contributed by atoms with Crippen molar-refractivity contribution in [2.45, 2.75) is 19.9 Å². The number of carbonyl (C=O) groups is 1. The minimum absolute atomic E-state index is 0.0731. The van der Waals surface area contributed by atoms with E-state index in [1.165, 1.54) is 0 Å². The molecular formula is C12H18N4O. The lowest BCUT2D eigenvalue weighted by molar-refractivity contribution is 0.0943. The molecule has 0 spiro atoms. The van der Waals surface area contributed by atoms with Gasteiger partial charge in [-0.25, -0.2) is 0 Å². The molecule has 1 rings (SSSR count). The average molecular weight is 234 g/mol. The van der Waals surface area contributed by atoms with Crippen molar-refractivity contribution in [1.82, 2.24) is 10.3 Å². The van der Waals surface area contributed by atoms with Gasteiger partial charge in [0.2, 0.25) is 0 Å². The van der Waals surface area contributed by atoms with Crippen LogP contribution in [0.25, 0.3) is 0 Å². The minimum atomic E-state index is -0.0731. The van der Waals surface area contributed by atoms with E-state index in [9.17, 15) is 4.79 Å². The minimum Gasteiger partial charge on any atom is -0.350 e. The van der Waals surface area contributed by atoms with Crippen LogP contribution in [-0.2, 0) is 0 Å². The SMILES string of the molecule is CC(C)NC(=O)c1ccc(N=NN(C)C)cc1. The summed E-state index contributed by atoms with van der Waals surface area (Å²) in [6.07, 6.45) is 0. The molecule has 0 unspecified atom stereocenters. The number of amides is 1. The van der Waals surface area contributed by atoms with Crippen LogP contribution in [0.5, 0.6) is 0 Å². The van der Waals surface area contributed by atoms with Gasteiger partial charge in [0.25, 0.3) is 5.91 Å². The molecule has 0 aliphatic carbocycles. The molecule has 0 saturated heterocycles. The fraction of sp³-hybridized carbons (Fsp3) is 0.417. The van der Waals surface area contributed by atoms with Crippen LogP contribution in [0.15, 0.2) is 34.6 Å². The molecule has 5 heteroatoms. The highest BCUT2D eigenvalue weighted by molar-refractivity contribution is 5.94. The van der Waals surface area contributed by atoms with Crippen molar-refractivity contribution in [2.75, 3.05) is 14.1 Å². The summed E-state index contributed by atoms with van der Waals surface area (Å²) in [6, 6.07) is 7.14. The van der Waals surface area contributed by atoms with E-state index in [-0.39, 0.29) is 11.9 Å². The van der Waals surface area contributed by atoms with Crippen LogP contribution in [0.2, 0.25) is 0 Å². The van der Waals surface area contributed by atoms with Gasteiger partial charge in [-0.15, -0.1) is 5.11 Å². The predicted octanol–water partition coefficient (Wildman–Crippen LogP) is 2.39. The number of benzene rings is 1. The number of hydrogen-bond donors (Lipinski definition) is 1. The third-order valence-corrected chi connectivity index (χ3v) is 1.89. The molecule has 1 aromatic carbocycles. The molecule has 17 heavy (non-hydrogen) atoms. The highest BCUT2D eigenvalue weighted by Gasteiger charge is 2.05. The molecule has 0 bridgehead atoms. The van der Waals surface area contributed by atoms with Crippen molar-refractivity contribution >= 4 is 11.6 Å². The summed E-state index contributed by atoms with van der Waals surface area (Å²) >= 11 is 0. The first-order chi connectivity index (χ1) is 7.99. The highest BCUT2D eigenvalue weighted by atomic mass is 16.1. The van der Waals surface area contributed by atoms with E-state index >= 15 is 0 Å². The molecule has 1 amide bonds. The van der Waals surface area contributed by atoms with Gasteiger partial charge in [-0.1, -0.05) is 5.22 Å². The predicted molar refractivity (Wildman–Crippen MR) is 67.2 cm³/mol. The van der Waals surface area contributed by atoms with Gasteiger partial charge in [0.15, 0.2) is 0 Å². The maximum absolute atomic E-state index is 11.7. The molecule has 5 nitrogen and oxygen atoms in total. The second-order valence-corrected chi connectivity index (χ2v) is 4.21. The first kappa shape index (κ1) is 13.2. The standard InChI is InChI=1S/C12H18N4O/c1-9(2)13-12(17)10-5-7-11(8-6-10)14-15-16(3)4/h5-9H,1-4H3,(H,13,17). The highest BCUT2D eigenvalue weighted by Crippen LogP contribution is 2.13. The molecule has 0 aliphatic rings. The summed E-state index contributed by atoms with van der Waals surface area (Å²) in [5.41, 5.74) is 1.35. The van der Waals surface area contributed by atoms with Gasteiger partial charge in [-0.3, -0.25) is 9.80 Å². The quantitative estimate of drug-likeness (QED) is 0.642. The van der Waals surface area contributed by atoms with Crippen molar-refractivity contribution in [2.24, 2.45) is 10.3 Å². The Morgan fingerprint density at radius 1 is 1.24 bits per heavy atom. The second-order valence-electron chi connectivity index (χ2n) is 4.21. The molecule has 0 atom stereocenters. The van der Waals surface area contributed by atoms with E-state index in [0.717, 1.165) is 5.69 Å². The van der Waals surface area contributed by atoms with Gasteiger partial charge >= 0.3 is 0 Å². The lowest BCUT2D eigenvalue weighted by Crippen LogP contribution is -2.29. The monoisotopic (exact) mass is 234 g/mol. The summed E-state index contributed by atoms with van der Waals surface area (Å²) in [7, 11) is 3.60. The third-order valence-electron chi connectivity index (χ3n) is 1.89. The molecular weight excluding hydrogens is 216 g/mol. The lowest BCUT2D eigenvalue weighted by Gasteiger charge is -2.08. The number of carbonyl (C=O) groups excluding carboxylic acids is 1. The van der Waals surface area contributed by atoms with Crippen LogP contribution in [0, 0.1) is 0 Å². The number of hydrogen-bond acceptors (Lipinski definition) is 3. The van der Waals surface area contributed by atoms with Crippen molar-refractivity contribution in [3.63, 3.8) is 0 Å². The Bertz CT molecular complexity index is 395. The van der Waals surface area contributed by atoms with E-state index in [0.29, 0.717) is 5.56 Å². The Labute approximate surface area is 102 Å². The van der Waals surface area contributed by atoms with Crippen LogP contribution in [0.3, 0.4) is 0 Å². The zero-order chi connectivity index (χ0) is 12.8. The van der Waals surface area contributed by atoms with Crippen molar-refractivity contribution < 1.29 is 4.79 Å². The summed E-state index contributed by atoms with van der Waals surface area (Å²) < 4.78 is 0. The first-order valence-corrected chi connectivity index (χ1v) is 5.49. The molecule has 0 saturated carbocycles. The molecule has 0 fully saturated rings. The van der Waals surface area contributed by atoms with Gasteiger partial charge in [0, 0.05) is 25.7 Å². The summed E-state index contributed by atoms with van der Waals surface area (Å²) in [6.45, 7) is 3.86. The summed E-state index contributed by atoms with van der Waals surface area (Å²) in [4.78, 5) is 11.7. The van der Waals surface area contributed by atoms with E-state index in [2.05, 4.69) is 15.7 Å². The van der Waals surface area contributed by atoms with Crippen LogP contribution >= 0.6 is 0 Å². The largest absolute Gasteiger partial charge is 0.350 e. The molecule has 0 radical (unpaired) electrons. The maximum Gasteiger partial charge on any atom is 0.251 e. The van der Waals surface area contributed by atoms with E-state index in [1.807, 2.05) is 13.8 Å². The molecule has 1 N–H and O–H groups in total. The number of nitrogens with one attached hydrogen (secondary N) is 1. The molecule has 0 heterocycles. The summed E-state index contributed by atoms with van der Waals surface area (Å²) in [5.74, 6) is -0.0731. The van der Waals surface area contributed by atoms with Crippen molar-refractivity contribution in [3.8, 4) is 0 Å². The smallest absolute Gasteiger partial charge is 0.251 e. The molecule has 0 aliphatic heterocycles. The average Bonchev–Trinajstić information content (AvgIpc) is 2.26.